The van der Waals surface area contributed by atoms with Crippen molar-refractivity contribution in [2.75, 3.05) is 5.32 Å². The Morgan fingerprint density at radius 2 is 1.69 bits per heavy atom. The number of nitrogens with zero attached hydrogens (tertiary/aromatic N) is 5. The van der Waals surface area contributed by atoms with E-state index >= 15 is 0 Å². The SMILES string of the molecule is Cc1ccc(Cn2cc(NC(=O)c3nnn(Cc4ccccc4)c3C)cn2)cc1. The molecule has 0 saturated carbocycles. The van der Waals surface area contributed by atoms with Crippen LogP contribution in [0.25, 0.3) is 0 Å². The van der Waals surface area contributed by atoms with Crippen molar-refractivity contribution < 1.29 is 4.79 Å². The summed E-state index contributed by atoms with van der Waals surface area (Å²) in [5.41, 5.74) is 5.13. The van der Waals surface area contributed by atoms with Crippen LogP contribution in [0.4, 0.5) is 5.69 Å². The van der Waals surface area contributed by atoms with E-state index in [2.05, 4.69) is 51.9 Å². The number of aryl methyl sites for hydroxylation is 1. The lowest BCUT2D eigenvalue weighted by Crippen LogP contribution is -2.14. The number of hydrogen-bond acceptors (Lipinski definition) is 4. The van der Waals surface area contributed by atoms with Crippen molar-refractivity contribution in [2.24, 2.45) is 0 Å². The lowest BCUT2D eigenvalue weighted by atomic mass is 10.1. The number of carbonyl (C=O) groups is 1. The normalized spacial score (nSPS) is 10.8. The van der Waals surface area contributed by atoms with Crippen LogP contribution in [-0.2, 0) is 13.1 Å². The Labute approximate surface area is 169 Å². The van der Waals surface area contributed by atoms with Gasteiger partial charge in [0.2, 0.25) is 0 Å². The first-order chi connectivity index (χ1) is 14.1. The fraction of sp³-hybridized carbons (Fsp3) is 0.182. The monoisotopic (exact) mass is 386 g/mol. The molecular formula is C22H22N6O. The number of anilines is 1. The maximum absolute atomic E-state index is 12.6. The van der Waals surface area contributed by atoms with Gasteiger partial charge in [-0.25, -0.2) is 4.68 Å². The summed E-state index contributed by atoms with van der Waals surface area (Å²) in [5.74, 6) is -0.295. The van der Waals surface area contributed by atoms with Crippen LogP contribution in [0.2, 0.25) is 0 Å². The molecule has 2 aromatic heterocycles. The summed E-state index contributed by atoms with van der Waals surface area (Å²) in [6, 6.07) is 18.2. The van der Waals surface area contributed by atoms with Crippen molar-refractivity contribution in [3.63, 3.8) is 0 Å². The number of benzene rings is 2. The van der Waals surface area contributed by atoms with Gasteiger partial charge in [-0.05, 0) is 25.0 Å². The number of carbonyl (C=O) groups excluding carboxylic acids is 1. The Balaban J connectivity index is 1.42. The molecule has 0 aliphatic heterocycles. The summed E-state index contributed by atoms with van der Waals surface area (Å²) in [6.07, 6.45) is 3.44. The van der Waals surface area contributed by atoms with E-state index in [1.54, 1.807) is 15.6 Å². The highest BCUT2D eigenvalue weighted by atomic mass is 16.2. The van der Waals surface area contributed by atoms with Gasteiger partial charge in [0.25, 0.3) is 5.91 Å². The van der Waals surface area contributed by atoms with Crippen LogP contribution in [-0.4, -0.2) is 30.7 Å². The largest absolute Gasteiger partial charge is 0.318 e. The van der Waals surface area contributed by atoms with Gasteiger partial charge < -0.3 is 5.32 Å². The molecule has 0 saturated heterocycles. The van der Waals surface area contributed by atoms with Gasteiger partial charge in [0.05, 0.1) is 30.7 Å². The van der Waals surface area contributed by atoms with Crippen molar-refractivity contribution in [2.45, 2.75) is 26.9 Å². The van der Waals surface area contributed by atoms with Gasteiger partial charge in [-0.1, -0.05) is 65.4 Å². The number of rotatable bonds is 6. The Morgan fingerprint density at radius 3 is 2.45 bits per heavy atom. The number of hydrogen-bond donors (Lipinski definition) is 1. The predicted octanol–water partition coefficient (Wildman–Crippen LogP) is 3.44. The van der Waals surface area contributed by atoms with Crippen LogP contribution in [0, 0.1) is 13.8 Å². The van der Waals surface area contributed by atoms with E-state index < -0.39 is 0 Å². The Kier molecular flexibility index (Phi) is 5.20. The molecule has 0 unspecified atom stereocenters. The second-order valence-electron chi connectivity index (χ2n) is 7.03. The molecule has 146 valence electrons. The average Bonchev–Trinajstić information content (AvgIpc) is 3.31. The van der Waals surface area contributed by atoms with E-state index in [0.717, 1.165) is 16.8 Å². The minimum Gasteiger partial charge on any atom is -0.318 e. The molecule has 4 aromatic rings. The van der Waals surface area contributed by atoms with Crippen molar-refractivity contribution in [3.05, 3.63) is 95.1 Å². The van der Waals surface area contributed by atoms with Crippen LogP contribution in [0.1, 0.15) is 32.9 Å². The first kappa shape index (κ1) is 18.6. The standard InChI is InChI=1S/C22H22N6O/c1-16-8-10-19(11-9-16)13-27-15-20(12-23-27)24-22(29)21-17(2)28(26-25-21)14-18-6-4-3-5-7-18/h3-12,15H,13-14H2,1-2H3,(H,24,29). The minimum absolute atomic E-state index is 0.295. The Hall–Kier alpha value is -3.74. The molecular weight excluding hydrogens is 364 g/mol. The molecule has 0 spiro atoms. The van der Waals surface area contributed by atoms with Gasteiger partial charge in [-0.2, -0.15) is 5.10 Å². The first-order valence-electron chi connectivity index (χ1n) is 9.42. The minimum atomic E-state index is -0.295. The molecule has 0 atom stereocenters. The zero-order valence-electron chi connectivity index (χ0n) is 16.4. The second kappa shape index (κ2) is 8.10. The quantitative estimate of drug-likeness (QED) is 0.551. The van der Waals surface area contributed by atoms with E-state index in [-0.39, 0.29) is 5.91 Å². The second-order valence-corrected chi connectivity index (χ2v) is 7.03. The van der Waals surface area contributed by atoms with Crippen molar-refractivity contribution in [1.29, 1.82) is 0 Å². The van der Waals surface area contributed by atoms with Crippen LogP contribution in [0.15, 0.2) is 67.0 Å². The van der Waals surface area contributed by atoms with Crippen LogP contribution in [0.3, 0.4) is 0 Å². The van der Waals surface area contributed by atoms with Gasteiger partial charge in [-0.15, -0.1) is 5.10 Å². The molecule has 0 bridgehead atoms. The average molecular weight is 386 g/mol. The highest BCUT2D eigenvalue weighted by Crippen LogP contribution is 2.13. The molecule has 2 heterocycles. The number of nitrogens with one attached hydrogen (secondary N) is 1. The van der Waals surface area contributed by atoms with Crippen molar-refractivity contribution >= 4 is 11.6 Å². The Morgan fingerprint density at radius 1 is 0.966 bits per heavy atom. The Bertz CT molecular complexity index is 1110. The molecule has 0 aliphatic rings. The summed E-state index contributed by atoms with van der Waals surface area (Å²) in [4.78, 5) is 12.6. The number of aromatic nitrogens is 5. The third kappa shape index (κ3) is 4.40. The van der Waals surface area contributed by atoms with Crippen LogP contribution < -0.4 is 5.32 Å². The summed E-state index contributed by atoms with van der Waals surface area (Å²) in [7, 11) is 0. The summed E-state index contributed by atoms with van der Waals surface area (Å²) in [5, 5.41) is 15.4. The molecule has 1 amide bonds. The maximum Gasteiger partial charge on any atom is 0.278 e. The van der Waals surface area contributed by atoms with Gasteiger partial charge in [0.15, 0.2) is 5.69 Å². The summed E-state index contributed by atoms with van der Waals surface area (Å²) in [6.45, 7) is 5.12. The van der Waals surface area contributed by atoms with Crippen molar-refractivity contribution in [1.82, 2.24) is 24.8 Å². The van der Waals surface area contributed by atoms with E-state index in [0.29, 0.717) is 24.5 Å². The fourth-order valence-electron chi connectivity index (χ4n) is 3.06. The van der Waals surface area contributed by atoms with E-state index in [1.807, 2.05) is 43.5 Å². The van der Waals surface area contributed by atoms with Gasteiger partial charge >= 0.3 is 0 Å². The molecule has 0 radical (unpaired) electrons. The molecule has 2 aromatic carbocycles. The molecule has 1 N–H and O–H groups in total. The van der Waals surface area contributed by atoms with E-state index in [1.165, 1.54) is 5.56 Å². The summed E-state index contributed by atoms with van der Waals surface area (Å²) >= 11 is 0. The highest BCUT2D eigenvalue weighted by Gasteiger charge is 2.17. The molecule has 0 fully saturated rings. The van der Waals surface area contributed by atoms with Gasteiger partial charge in [-0.3, -0.25) is 9.48 Å². The molecule has 4 rings (SSSR count). The lowest BCUT2D eigenvalue weighted by Gasteiger charge is -2.04. The van der Waals surface area contributed by atoms with Crippen LogP contribution in [0.5, 0.6) is 0 Å². The topological polar surface area (TPSA) is 77.6 Å². The third-order valence-corrected chi connectivity index (χ3v) is 4.73. The van der Waals surface area contributed by atoms with E-state index in [4.69, 9.17) is 0 Å². The molecule has 7 nitrogen and oxygen atoms in total. The predicted molar refractivity (Wildman–Crippen MR) is 111 cm³/mol. The van der Waals surface area contributed by atoms with Gasteiger partial charge in [0.1, 0.15) is 0 Å². The maximum atomic E-state index is 12.6. The van der Waals surface area contributed by atoms with E-state index in [9.17, 15) is 4.79 Å². The molecule has 0 aliphatic carbocycles. The summed E-state index contributed by atoms with van der Waals surface area (Å²) < 4.78 is 3.52. The lowest BCUT2D eigenvalue weighted by molar-refractivity contribution is 0.102. The zero-order valence-corrected chi connectivity index (χ0v) is 16.4. The van der Waals surface area contributed by atoms with Crippen molar-refractivity contribution in [3.8, 4) is 0 Å². The zero-order chi connectivity index (χ0) is 20.2. The molecule has 29 heavy (non-hydrogen) atoms. The third-order valence-electron chi connectivity index (χ3n) is 4.73. The van der Waals surface area contributed by atoms with Gasteiger partial charge in [0, 0.05) is 6.20 Å². The molecule has 7 heteroatoms. The number of amides is 1. The fourth-order valence-corrected chi connectivity index (χ4v) is 3.06. The van der Waals surface area contributed by atoms with Crippen LogP contribution >= 0.6 is 0 Å². The highest BCUT2D eigenvalue weighted by molar-refractivity contribution is 6.03. The smallest absolute Gasteiger partial charge is 0.278 e. The first-order valence-corrected chi connectivity index (χ1v) is 9.42.